The number of H-pyrrole nitrogens is 1. The number of benzene rings is 2. The van der Waals surface area contributed by atoms with Crippen molar-refractivity contribution in [3.8, 4) is 11.8 Å². The highest BCUT2D eigenvalue weighted by atomic mass is 15.4. The molecule has 6 heteroatoms. The van der Waals surface area contributed by atoms with Crippen molar-refractivity contribution in [2.24, 2.45) is 0 Å². The third kappa shape index (κ3) is 2.23. The van der Waals surface area contributed by atoms with E-state index in [1.807, 2.05) is 42.5 Å². The molecule has 6 nitrogen and oxygen atoms in total. The molecule has 4 aromatic rings. The van der Waals surface area contributed by atoms with Gasteiger partial charge in [-0.2, -0.15) is 10.4 Å². The van der Waals surface area contributed by atoms with E-state index in [-0.39, 0.29) is 6.04 Å². The van der Waals surface area contributed by atoms with Crippen LogP contribution < -0.4 is 4.90 Å². The molecule has 2 aliphatic heterocycles. The van der Waals surface area contributed by atoms with Crippen LogP contribution in [0.3, 0.4) is 0 Å². The van der Waals surface area contributed by atoms with Crippen LogP contribution in [0.25, 0.3) is 16.7 Å². The summed E-state index contributed by atoms with van der Waals surface area (Å²) in [5, 5.41) is 15.4. The summed E-state index contributed by atoms with van der Waals surface area (Å²) < 4.78 is 2.06. The van der Waals surface area contributed by atoms with Crippen molar-refractivity contribution in [2.75, 3.05) is 11.4 Å². The lowest BCUT2D eigenvalue weighted by molar-refractivity contribution is 0.390. The maximum absolute atomic E-state index is 10.5. The number of aryl methyl sites for hydroxylation is 1. The highest BCUT2D eigenvalue weighted by Crippen LogP contribution is 2.48. The van der Waals surface area contributed by atoms with Crippen LogP contribution >= 0.6 is 0 Å². The van der Waals surface area contributed by atoms with E-state index in [4.69, 9.17) is 10.1 Å². The highest BCUT2D eigenvalue weighted by molar-refractivity contribution is 5.75. The lowest BCUT2D eigenvalue weighted by atomic mass is 9.72. The molecule has 0 radical (unpaired) electrons. The van der Waals surface area contributed by atoms with Gasteiger partial charge in [0.1, 0.15) is 17.1 Å². The minimum atomic E-state index is -0.710. The number of hydrogen-bond donors (Lipinski definition) is 1. The molecule has 30 heavy (non-hydrogen) atoms. The Labute approximate surface area is 174 Å². The van der Waals surface area contributed by atoms with Gasteiger partial charge in [-0.05, 0) is 44.0 Å². The summed E-state index contributed by atoms with van der Waals surface area (Å²) in [7, 11) is 0. The van der Waals surface area contributed by atoms with E-state index in [0.29, 0.717) is 6.42 Å². The van der Waals surface area contributed by atoms with E-state index in [0.717, 1.165) is 59.0 Å². The van der Waals surface area contributed by atoms with Gasteiger partial charge in [0.25, 0.3) is 0 Å². The van der Waals surface area contributed by atoms with Crippen molar-refractivity contribution in [2.45, 2.75) is 37.6 Å². The van der Waals surface area contributed by atoms with E-state index in [1.54, 1.807) is 0 Å². The van der Waals surface area contributed by atoms with E-state index < -0.39 is 5.41 Å². The highest BCUT2D eigenvalue weighted by Gasteiger charge is 2.54. The van der Waals surface area contributed by atoms with Gasteiger partial charge < -0.3 is 9.88 Å². The molecule has 0 aliphatic carbocycles. The molecule has 0 bridgehead atoms. The van der Waals surface area contributed by atoms with E-state index in [2.05, 4.69) is 39.7 Å². The summed E-state index contributed by atoms with van der Waals surface area (Å²) in [6, 6.07) is 21.1. The summed E-state index contributed by atoms with van der Waals surface area (Å²) >= 11 is 0. The van der Waals surface area contributed by atoms with Crippen LogP contribution in [0.4, 0.5) is 5.82 Å². The van der Waals surface area contributed by atoms with Crippen LogP contribution in [0.15, 0.2) is 54.6 Å². The maximum atomic E-state index is 10.5. The zero-order chi connectivity index (χ0) is 20.3. The molecule has 4 heterocycles. The van der Waals surface area contributed by atoms with E-state index in [1.165, 1.54) is 0 Å². The Hall–Kier alpha value is -3.59. The number of fused-ring (bicyclic) bond motifs is 4. The van der Waals surface area contributed by atoms with Crippen molar-refractivity contribution in [1.82, 2.24) is 19.7 Å². The molecule has 2 aliphatic rings. The minimum Gasteiger partial charge on any atom is -0.351 e. The molecule has 1 N–H and O–H groups in total. The number of imidazole rings is 1. The Balaban J connectivity index is 1.57. The number of anilines is 1. The average molecular weight is 394 g/mol. The van der Waals surface area contributed by atoms with Crippen molar-refractivity contribution < 1.29 is 0 Å². The Kier molecular flexibility index (Phi) is 3.57. The number of rotatable bonds is 2. The second-order valence-corrected chi connectivity index (χ2v) is 8.35. The van der Waals surface area contributed by atoms with Gasteiger partial charge in [-0.1, -0.05) is 30.3 Å². The van der Waals surface area contributed by atoms with Gasteiger partial charge in [-0.3, -0.25) is 0 Å². The fourth-order valence-corrected chi connectivity index (χ4v) is 5.30. The lowest BCUT2D eigenvalue weighted by Gasteiger charge is -2.42. The summed E-state index contributed by atoms with van der Waals surface area (Å²) in [5.41, 5.74) is 4.37. The maximum Gasteiger partial charge on any atom is 0.139 e. The van der Waals surface area contributed by atoms with Crippen molar-refractivity contribution in [3.05, 3.63) is 71.7 Å². The molecule has 2 aromatic carbocycles. The average Bonchev–Trinajstić information content (AvgIpc) is 3.51. The molecule has 0 spiro atoms. The van der Waals surface area contributed by atoms with Gasteiger partial charge in [0.15, 0.2) is 0 Å². The number of nitrogens with one attached hydrogen (secondary N) is 1. The number of nitrogens with zero attached hydrogens (tertiary/aromatic N) is 5. The van der Waals surface area contributed by atoms with Crippen LogP contribution in [-0.4, -0.2) is 32.3 Å². The molecular formula is C24H22N6. The molecule has 0 amide bonds. The molecule has 1 saturated heterocycles. The molecule has 6 rings (SSSR count). The van der Waals surface area contributed by atoms with Gasteiger partial charge in [-0.15, -0.1) is 0 Å². The van der Waals surface area contributed by atoms with Crippen LogP contribution in [0.5, 0.6) is 0 Å². The third-order valence-corrected chi connectivity index (χ3v) is 6.72. The number of aromatic nitrogens is 4. The molecule has 0 unspecified atom stereocenters. The first kappa shape index (κ1) is 17.3. The van der Waals surface area contributed by atoms with Crippen LogP contribution in [-0.2, 0) is 11.8 Å². The fourth-order valence-electron chi connectivity index (χ4n) is 5.30. The quantitative estimate of drug-likeness (QED) is 0.557. The normalized spacial score (nSPS) is 22.7. The second kappa shape index (κ2) is 6.20. The smallest absolute Gasteiger partial charge is 0.139 e. The Bertz CT molecular complexity index is 1260. The fraction of sp³-hybridized carbons (Fsp3) is 0.292. The first-order chi connectivity index (χ1) is 14.7. The zero-order valence-electron chi connectivity index (χ0n) is 16.8. The molecule has 0 saturated carbocycles. The van der Waals surface area contributed by atoms with Crippen molar-refractivity contribution in [1.29, 1.82) is 5.26 Å². The van der Waals surface area contributed by atoms with Gasteiger partial charge in [0.05, 0.1) is 34.5 Å². The third-order valence-electron chi connectivity index (χ3n) is 6.72. The Morgan fingerprint density at radius 2 is 1.93 bits per heavy atom. The van der Waals surface area contributed by atoms with Crippen LogP contribution in [0.2, 0.25) is 0 Å². The zero-order valence-corrected chi connectivity index (χ0v) is 16.8. The Morgan fingerprint density at radius 1 is 1.13 bits per heavy atom. The largest absolute Gasteiger partial charge is 0.351 e. The minimum absolute atomic E-state index is 0.0779. The number of hydrogen-bond acceptors (Lipinski definition) is 4. The second-order valence-electron chi connectivity index (χ2n) is 8.35. The lowest BCUT2D eigenvalue weighted by Crippen LogP contribution is -2.52. The molecule has 2 atom stereocenters. The number of nitriles is 1. The predicted molar refractivity (Wildman–Crippen MR) is 116 cm³/mol. The van der Waals surface area contributed by atoms with Crippen molar-refractivity contribution in [3.63, 3.8) is 0 Å². The topological polar surface area (TPSA) is 73.5 Å². The monoisotopic (exact) mass is 394 g/mol. The summed E-state index contributed by atoms with van der Waals surface area (Å²) in [4.78, 5) is 10.8. The van der Waals surface area contributed by atoms with Gasteiger partial charge in [0, 0.05) is 18.5 Å². The summed E-state index contributed by atoms with van der Waals surface area (Å²) in [6.45, 7) is 2.98. The summed E-state index contributed by atoms with van der Waals surface area (Å²) in [5.74, 6) is 1.92. The van der Waals surface area contributed by atoms with E-state index in [9.17, 15) is 5.26 Å². The molecule has 1 fully saturated rings. The van der Waals surface area contributed by atoms with Gasteiger partial charge in [-0.25, -0.2) is 9.67 Å². The first-order valence-corrected chi connectivity index (χ1v) is 10.5. The summed E-state index contributed by atoms with van der Waals surface area (Å²) in [6.07, 6.45) is 2.66. The molecule has 2 aromatic heterocycles. The van der Waals surface area contributed by atoms with Gasteiger partial charge >= 0.3 is 0 Å². The van der Waals surface area contributed by atoms with E-state index >= 15 is 0 Å². The van der Waals surface area contributed by atoms with Crippen LogP contribution in [0, 0.1) is 18.3 Å². The molecular weight excluding hydrogens is 372 g/mol. The first-order valence-electron chi connectivity index (χ1n) is 10.5. The SMILES string of the molecule is Cc1nn(-c2ccccc2)c2c1C[C@@](C#N)(c1nc3ccccc3[nH]1)[C@H]1CCCN21. The Morgan fingerprint density at radius 3 is 2.73 bits per heavy atom. The van der Waals surface area contributed by atoms with Crippen LogP contribution in [0.1, 0.15) is 29.9 Å². The molecule has 148 valence electrons. The predicted octanol–water partition coefficient (Wildman–Crippen LogP) is 4.04. The number of aromatic amines is 1. The van der Waals surface area contributed by atoms with Gasteiger partial charge in [0.2, 0.25) is 0 Å². The standard InChI is InChI=1S/C24H22N6/c1-16-18-14-24(15-25,23-26-19-10-5-6-11-20(19)27-23)21-12-7-13-29(21)22(18)30(28-16)17-8-3-2-4-9-17/h2-6,8-11,21H,7,12-14H2,1H3,(H,26,27)/t21-,24+/m1/s1. The van der Waals surface area contributed by atoms with Crippen molar-refractivity contribution >= 4 is 16.9 Å². The number of para-hydroxylation sites is 3.